The molecule has 1 aromatic carbocycles. The highest BCUT2D eigenvalue weighted by molar-refractivity contribution is 5.90. The molecule has 5 heteroatoms. The minimum absolute atomic E-state index is 0.306. The summed E-state index contributed by atoms with van der Waals surface area (Å²) >= 11 is 0. The van der Waals surface area contributed by atoms with E-state index in [1.807, 2.05) is 13.0 Å². The topological polar surface area (TPSA) is 67.0 Å². The van der Waals surface area contributed by atoms with Crippen molar-refractivity contribution in [2.75, 3.05) is 11.9 Å². The van der Waals surface area contributed by atoms with Crippen molar-refractivity contribution >= 4 is 17.6 Å². The van der Waals surface area contributed by atoms with Gasteiger partial charge in [-0.3, -0.25) is 0 Å². The van der Waals surface area contributed by atoms with Crippen LogP contribution in [0, 0.1) is 0 Å². The van der Waals surface area contributed by atoms with Crippen molar-refractivity contribution in [1.29, 1.82) is 0 Å². The zero-order valence-corrected chi connectivity index (χ0v) is 10.1. The molecule has 2 aromatic rings. The van der Waals surface area contributed by atoms with Crippen molar-refractivity contribution < 1.29 is 9.53 Å². The van der Waals surface area contributed by atoms with Crippen molar-refractivity contribution in [1.82, 2.24) is 9.97 Å². The van der Waals surface area contributed by atoms with Crippen LogP contribution in [0.2, 0.25) is 0 Å². The van der Waals surface area contributed by atoms with Gasteiger partial charge in [-0.1, -0.05) is 13.0 Å². The summed E-state index contributed by atoms with van der Waals surface area (Å²) in [5, 5.41) is 3.06. The van der Waals surface area contributed by atoms with Gasteiger partial charge in [-0.05, 0) is 24.6 Å². The van der Waals surface area contributed by atoms with E-state index in [0.29, 0.717) is 18.1 Å². The second-order valence-corrected chi connectivity index (χ2v) is 3.78. The van der Waals surface area contributed by atoms with Crippen LogP contribution in [0.15, 0.2) is 36.7 Å². The van der Waals surface area contributed by atoms with Crippen LogP contribution in [0.1, 0.15) is 23.7 Å². The number of benzene rings is 1. The molecule has 94 valence electrons. The zero-order chi connectivity index (χ0) is 12.8. The van der Waals surface area contributed by atoms with E-state index in [9.17, 15) is 4.79 Å². The fourth-order valence-electron chi connectivity index (χ4n) is 1.47. The number of nitrogens with zero attached hydrogens (tertiary/aromatic N) is 1. The molecular weight excluding hydrogens is 230 g/mol. The largest absolute Gasteiger partial charge is 0.462 e. The molecular formula is C13H15N3O2. The maximum atomic E-state index is 11.7. The number of aromatic amines is 1. The van der Waals surface area contributed by atoms with Gasteiger partial charge in [0.25, 0.3) is 0 Å². The van der Waals surface area contributed by atoms with Crippen LogP contribution in [-0.2, 0) is 4.74 Å². The van der Waals surface area contributed by atoms with Crippen molar-refractivity contribution in [3.63, 3.8) is 0 Å². The summed E-state index contributed by atoms with van der Waals surface area (Å²) < 4.78 is 5.08. The Morgan fingerprint density at radius 1 is 1.50 bits per heavy atom. The highest BCUT2D eigenvalue weighted by atomic mass is 16.5. The van der Waals surface area contributed by atoms with E-state index < -0.39 is 0 Å². The van der Waals surface area contributed by atoms with E-state index in [4.69, 9.17) is 4.74 Å². The van der Waals surface area contributed by atoms with Gasteiger partial charge in [0.2, 0.25) is 5.95 Å². The lowest BCUT2D eigenvalue weighted by molar-refractivity contribution is 0.0505. The lowest BCUT2D eigenvalue weighted by Gasteiger charge is -2.06. The van der Waals surface area contributed by atoms with Crippen LogP contribution in [-0.4, -0.2) is 22.5 Å². The van der Waals surface area contributed by atoms with Crippen molar-refractivity contribution in [3.8, 4) is 0 Å². The van der Waals surface area contributed by atoms with Gasteiger partial charge in [0.05, 0.1) is 12.2 Å². The van der Waals surface area contributed by atoms with Crippen LogP contribution >= 0.6 is 0 Å². The first kappa shape index (κ1) is 12.2. The van der Waals surface area contributed by atoms with Gasteiger partial charge in [0.15, 0.2) is 0 Å². The number of aromatic nitrogens is 2. The Morgan fingerprint density at radius 2 is 2.39 bits per heavy atom. The molecule has 0 aliphatic heterocycles. The summed E-state index contributed by atoms with van der Waals surface area (Å²) in [5.41, 5.74) is 1.32. The van der Waals surface area contributed by atoms with Crippen molar-refractivity contribution in [3.05, 3.63) is 42.2 Å². The van der Waals surface area contributed by atoms with Gasteiger partial charge in [-0.2, -0.15) is 0 Å². The molecule has 0 spiro atoms. The molecule has 0 fully saturated rings. The molecule has 1 heterocycles. The number of hydrogen-bond acceptors (Lipinski definition) is 4. The first-order valence-electron chi connectivity index (χ1n) is 5.83. The Hall–Kier alpha value is -2.30. The SMILES string of the molecule is CCCOC(=O)c1cccc(Nc2ncc[nH]2)c1. The average Bonchev–Trinajstić information content (AvgIpc) is 2.89. The number of carbonyl (C=O) groups is 1. The zero-order valence-electron chi connectivity index (χ0n) is 10.1. The number of hydrogen-bond donors (Lipinski definition) is 2. The van der Waals surface area contributed by atoms with E-state index in [0.717, 1.165) is 12.1 Å². The number of imidazole rings is 1. The van der Waals surface area contributed by atoms with E-state index >= 15 is 0 Å². The molecule has 0 atom stereocenters. The predicted molar refractivity (Wildman–Crippen MR) is 68.9 cm³/mol. The molecule has 0 saturated carbocycles. The molecule has 0 aliphatic carbocycles. The number of carbonyl (C=O) groups excluding carboxylic acids is 1. The van der Waals surface area contributed by atoms with Crippen LogP contribution < -0.4 is 5.32 Å². The number of esters is 1. The normalized spacial score (nSPS) is 10.1. The molecule has 5 nitrogen and oxygen atoms in total. The molecule has 0 unspecified atom stereocenters. The molecule has 0 saturated heterocycles. The second kappa shape index (κ2) is 5.86. The minimum Gasteiger partial charge on any atom is -0.462 e. The van der Waals surface area contributed by atoms with Crippen molar-refractivity contribution in [2.45, 2.75) is 13.3 Å². The van der Waals surface area contributed by atoms with Gasteiger partial charge in [0.1, 0.15) is 0 Å². The standard InChI is InChI=1S/C13H15N3O2/c1-2-8-18-12(17)10-4-3-5-11(9-10)16-13-14-6-7-15-13/h3-7,9H,2,8H2,1H3,(H2,14,15,16). The summed E-state index contributed by atoms with van der Waals surface area (Å²) in [4.78, 5) is 18.7. The first-order chi connectivity index (χ1) is 8.79. The molecule has 0 amide bonds. The molecule has 0 bridgehead atoms. The number of rotatable bonds is 5. The smallest absolute Gasteiger partial charge is 0.338 e. The van der Waals surface area contributed by atoms with E-state index in [1.54, 1.807) is 30.6 Å². The monoisotopic (exact) mass is 245 g/mol. The third-order valence-corrected chi connectivity index (χ3v) is 2.30. The predicted octanol–water partition coefficient (Wildman–Crippen LogP) is 2.72. The molecule has 1 aromatic heterocycles. The third kappa shape index (κ3) is 3.10. The Morgan fingerprint density at radius 3 is 3.11 bits per heavy atom. The molecule has 2 rings (SSSR count). The van der Waals surface area contributed by atoms with Crippen LogP contribution in [0.5, 0.6) is 0 Å². The van der Waals surface area contributed by atoms with Gasteiger partial charge in [-0.25, -0.2) is 9.78 Å². The Bertz CT molecular complexity index is 509. The number of ether oxygens (including phenoxy) is 1. The maximum absolute atomic E-state index is 11.7. The summed E-state index contributed by atoms with van der Waals surface area (Å²) in [6, 6.07) is 7.12. The van der Waals surface area contributed by atoms with E-state index in [2.05, 4.69) is 15.3 Å². The van der Waals surface area contributed by atoms with Gasteiger partial charge in [0, 0.05) is 18.1 Å². The first-order valence-corrected chi connectivity index (χ1v) is 5.83. The molecule has 0 aliphatic rings. The van der Waals surface area contributed by atoms with Gasteiger partial charge >= 0.3 is 5.97 Å². The highest BCUT2D eigenvalue weighted by Crippen LogP contribution is 2.15. The quantitative estimate of drug-likeness (QED) is 0.795. The summed E-state index contributed by atoms with van der Waals surface area (Å²) in [7, 11) is 0. The summed E-state index contributed by atoms with van der Waals surface area (Å²) in [6.45, 7) is 2.40. The van der Waals surface area contributed by atoms with E-state index in [-0.39, 0.29) is 5.97 Å². The summed E-state index contributed by atoms with van der Waals surface area (Å²) in [5.74, 6) is 0.328. The second-order valence-electron chi connectivity index (χ2n) is 3.78. The van der Waals surface area contributed by atoms with Gasteiger partial charge < -0.3 is 15.0 Å². The lowest BCUT2D eigenvalue weighted by atomic mass is 10.2. The van der Waals surface area contributed by atoms with Crippen LogP contribution in [0.25, 0.3) is 0 Å². The Kier molecular flexibility index (Phi) is 3.96. The Balaban J connectivity index is 2.07. The fraction of sp³-hybridized carbons (Fsp3) is 0.231. The molecule has 0 radical (unpaired) electrons. The fourth-order valence-corrected chi connectivity index (χ4v) is 1.47. The van der Waals surface area contributed by atoms with E-state index in [1.165, 1.54) is 0 Å². The summed E-state index contributed by atoms with van der Waals surface area (Å²) in [6.07, 6.45) is 4.19. The number of anilines is 2. The van der Waals surface area contributed by atoms with Gasteiger partial charge in [-0.15, -0.1) is 0 Å². The number of nitrogens with one attached hydrogen (secondary N) is 2. The average molecular weight is 245 g/mol. The highest BCUT2D eigenvalue weighted by Gasteiger charge is 2.07. The maximum Gasteiger partial charge on any atom is 0.338 e. The lowest BCUT2D eigenvalue weighted by Crippen LogP contribution is -2.06. The third-order valence-electron chi connectivity index (χ3n) is 2.30. The Labute approximate surface area is 105 Å². The number of H-pyrrole nitrogens is 1. The minimum atomic E-state index is -0.306. The van der Waals surface area contributed by atoms with Crippen molar-refractivity contribution in [2.24, 2.45) is 0 Å². The molecule has 2 N–H and O–H groups in total. The molecule has 18 heavy (non-hydrogen) atoms. The van der Waals surface area contributed by atoms with Crippen LogP contribution in [0.4, 0.5) is 11.6 Å². The van der Waals surface area contributed by atoms with Crippen LogP contribution in [0.3, 0.4) is 0 Å².